The molecule has 0 aliphatic carbocycles. The minimum Gasteiger partial charge on any atom is -0.477 e. The summed E-state index contributed by atoms with van der Waals surface area (Å²) in [5.41, 5.74) is 0.812. The van der Waals surface area contributed by atoms with Gasteiger partial charge in [-0.3, -0.25) is 4.79 Å². The van der Waals surface area contributed by atoms with Crippen molar-refractivity contribution in [3.05, 3.63) is 32.4 Å². The summed E-state index contributed by atoms with van der Waals surface area (Å²) in [5, 5.41) is 22.2. The maximum atomic E-state index is 12.5. The van der Waals surface area contributed by atoms with Gasteiger partial charge in [0.2, 0.25) is 5.91 Å². The fraction of sp³-hybridized carbons (Fsp3) is 0.529. The van der Waals surface area contributed by atoms with E-state index in [1.165, 1.54) is 15.0 Å². The Hall–Kier alpha value is -1.58. The van der Waals surface area contributed by atoms with Crippen LogP contribution < -0.4 is 0 Å². The number of thioether (sulfide) groups is 2. The van der Waals surface area contributed by atoms with Gasteiger partial charge in [-0.05, 0) is 6.92 Å². The lowest BCUT2D eigenvalue weighted by molar-refractivity contribution is -0.163. The third-order valence-electron chi connectivity index (χ3n) is 5.77. The zero-order valence-electron chi connectivity index (χ0n) is 14.4. The number of carbonyl (C=O) groups excluding carboxylic acids is 1. The van der Waals surface area contributed by atoms with E-state index in [0.29, 0.717) is 0 Å². The fourth-order valence-corrected chi connectivity index (χ4v) is 7.24. The van der Waals surface area contributed by atoms with Crippen molar-refractivity contribution in [3.63, 3.8) is 0 Å². The molecule has 2 fully saturated rings. The normalized spacial score (nSPS) is 33.5. The van der Waals surface area contributed by atoms with Crippen molar-refractivity contribution in [2.75, 3.05) is 19.0 Å². The number of aliphatic hydroxyl groups is 1. The van der Waals surface area contributed by atoms with Crippen LogP contribution in [0.25, 0.3) is 0 Å². The van der Waals surface area contributed by atoms with Crippen LogP contribution in [0.1, 0.15) is 13.8 Å². The van der Waals surface area contributed by atoms with Gasteiger partial charge >= 0.3 is 5.97 Å². The first-order chi connectivity index (χ1) is 12.4. The Morgan fingerprint density at radius 1 is 1.38 bits per heavy atom. The molecule has 9 heteroatoms. The molecule has 0 aromatic heterocycles. The highest BCUT2D eigenvalue weighted by Gasteiger charge is 2.60. The molecule has 7 nitrogen and oxygen atoms in total. The predicted octanol–water partition coefficient (Wildman–Crippen LogP) is 1.22. The van der Waals surface area contributed by atoms with E-state index < -0.39 is 18.0 Å². The predicted molar refractivity (Wildman–Crippen MR) is 98.2 cm³/mol. The SMILES string of the molecule is C[C@@H](O)[C@H]1C(=O)N2C(C(=O)O)=C(C3=CN4CN5CCSC5=C4S3)[C@H](C)[C@H]12. The summed E-state index contributed by atoms with van der Waals surface area (Å²) < 4.78 is 0. The molecule has 5 rings (SSSR count). The summed E-state index contributed by atoms with van der Waals surface area (Å²) in [6.07, 6.45) is 1.25. The Morgan fingerprint density at radius 2 is 2.15 bits per heavy atom. The van der Waals surface area contributed by atoms with E-state index in [2.05, 4.69) is 9.80 Å². The topological polar surface area (TPSA) is 84.3 Å². The maximum Gasteiger partial charge on any atom is 0.352 e. The second kappa shape index (κ2) is 5.46. The molecule has 0 saturated carbocycles. The summed E-state index contributed by atoms with van der Waals surface area (Å²) in [7, 11) is 0. The molecule has 5 aliphatic rings. The molecule has 26 heavy (non-hydrogen) atoms. The lowest BCUT2D eigenvalue weighted by Gasteiger charge is -2.46. The molecule has 2 N–H and O–H groups in total. The van der Waals surface area contributed by atoms with Gasteiger partial charge in [0.1, 0.15) is 15.8 Å². The van der Waals surface area contributed by atoms with E-state index in [4.69, 9.17) is 0 Å². The molecule has 5 heterocycles. The molecule has 0 spiro atoms. The molecular formula is C17H19N3O4S2. The summed E-state index contributed by atoms with van der Waals surface area (Å²) in [5.74, 6) is -0.910. The first-order valence-electron chi connectivity index (χ1n) is 8.67. The van der Waals surface area contributed by atoms with Crippen LogP contribution in [0.2, 0.25) is 0 Å². The number of amides is 1. The molecule has 0 bridgehead atoms. The highest BCUT2D eigenvalue weighted by molar-refractivity contribution is 8.09. The number of aliphatic hydroxyl groups excluding tert-OH is 1. The Balaban J connectivity index is 1.53. The van der Waals surface area contributed by atoms with E-state index in [-0.39, 0.29) is 23.6 Å². The van der Waals surface area contributed by atoms with Gasteiger partial charge in [-0.2, -0.15) is 0 Å². The van der Waals surface area contributed by atoms with Crippen LogP contribution in [0.5, 0.6) is 0 Å². The highest BCUT2D eigenvalue weighted by Crippen LogP contribution is 2.56. The molecular weight excluding hydrogens is 374 g/mol. The summed E-state index contributed by atoms with van der Waals surface area (Å²) in [4.78, 5) is 31.2. The number of carboxylic acids is 1. The maximum absolute atomic E-state index is 12.5. The lowest BCUT2D eigenvalue weighted by atomic mass is 9.77. The molecule has 5 aliphatic heterocycles. The van der Waals surface area contributed by atoms with Crippen molar-refractivity contribution in [2.45, 2.75) is 26.0 Å². The van der Waals surface area contributed by atoms with Crippen LogP contribution in [0.4, 0.5) is 0 Å². The van der Waals surface area contributed by atoms with Crippen LogP contribution in [0.3, 0.4) is 0 Å². The molecule has 4 atom stereocenters. The van der Waals surface area contributed by atoms with Gasteiger partial charge in [0.25, 0.3) is 0 Å². The van der Waals surface area contributed by atoms with Crippen molar-refractivity contribution < 1.29 is 19.8 Å². The molecule has 0 radical (unpaired) electrons. The Labute approximate surface area is 159 Å². The molecule has 2 saturated heterocycles. The van der Waals surface area contributed by atoms with E-state index in [1.54, 1.807) is 18.7 Å². The standard InChI is InChI=1S/C17H19N3O4S2/c1-7-10(9-5-19-6-18-3-4-25-15(18)16(19)26-9)13(17(23)24)20-12(7)11(8(2)21)14(20)22/h5,7-8,11-12,21H,3-4,6H2,1-2H3,(H,23,24)/t7-,8+,11+,12+/m0/s1. The Morgan fingerprint density at radius 3 is 2.85 bits per heavy atom. The quantitative estimate of drug-likeness (QED) is 0.693. The zero-order valence-corrected chi connectivity index (χ0v) is 16.0. The van der Waals surface area contributed by atoms with E-state index in [1.807, 2.05) is 24.9 Å². The average Bonchev–Trinajstić information content (AvgIpc) is 3.25. The van der Waals surface area contributed by atoms with Crippen LogP contribution >= 0.6 is 23.5 Å². The first kappa shape index (κ1) is 16.6. The van der Waals surface area contributed by atoms with Gasteiger partial charge < -0.3 is 24.9 Å². The number of β-lactam (4-membered cyclic amide) rings is 1. The van der Waals surface area contributed by atoms with Crippen molar-refractivity contribution >= 4 is 35.4 Å². The van der Waals surface area contributed by atoms with E-state index >= 15 is 0 Å². The lowest BCUT2D eigenvalue weighted by Crippen LogP contribution is -2.63. The largest absolute Gasteiger partial charge is 0.477 e. The summed E-state index contributed by atoms with van der Waals surface area (Å²) in [6.45, 7) is 5.41. The second-order valence-electron chi connectivity index (χ2n) is 7.25. The highest BCUT2D eigenvalue weighted by atomic mass is 32.2. The van der Waals surface area contributed by atoms with Gasteiger partial charge in [-0.25, -0.2) is 4.79 Å². The van der Waals surface area contributed by atoms with Crippen molar-refractivity contribution in [2.24, 2.45) is 11.8 Å². The third-order valence-corrected chi connectivity index (χ3v) is 8.18. The molecule has 138 valence electrons. The number of aliphatic carboxylic acids is 1. The van der Waals surface area contributed by atoms with Gasteiger partial charge in [-0.1, -0.05) is 18.7 Å². The minimum absolute atomic E-state index is 0.0888. The first-order valence-corrected chi connectivity index (χ1v) is 10.5. The number of allylic oxidation sites excluding steroid dienone is 1. The fourth-order valence-electron chi connectivity index (χ4n) is 4.64. The van der Waals surface area contributed by atoms with Gasteiger partial charge in [0.05, 0.1) is 24.7 Å². The van der Waals surface area contributed by atoms with Crippen LogP contribution in [0.15, 0.2) is 32.4 Å². The molecule has 1 amide bonds. The Bertz CT molecular complexity index is 834. The Kier molecular flexibility index (Phi) is 3.48. The van der Waals surface area contributed by atoms with Gasteiger partial charge in [0, 0.05) is 34.9 Å². The smallest absolute Gasteiger partial charge is 0.352 e. The number of fused-ring (bicyclic) bond motifs is 3. The number of nitrogens with zero attached hydrogens (tertiary/aromatic N) is 3. The van der Waals surface area contributed by atoms with Gasteiger partial charge in [0.15, 0.2) is 0 Å². The summed E-state index contributed by atoms with van der Waals surface area (Å²) in [6, 6.07) is -0.268. The number of hydrogen-bond acceptors (Lipinski definition) is 7. The van der Waals surface area contributed by atoms with Crippen molar-refractivity contribution in [1.82, 2.24) is 14.7 Å². The van der Waals surface area contributed by atoms with Crippen LogP contribution in [-0.4, -0.2) is 67.9 Å². The van der Waals surface area contributed by atoms with Crippen molar-refractivity contribution in [1.29, 1.82) is 0 Å². The number of carbonyl (C=O) groups is 2. The third kappa shape index (κ3) is 1.96. The monoisotopic (exact) mass is 393 g/mol. The second-order valence-corrected chi connectivity index (χ2v) is 9.36. The van der Waals surface area contributed by atoms with Crippen LogP contribution in [-0.2, 0) is 9.59 Å². The molecule has 0 unspecified atom stereocenters. The number of hydrogen-bond donors (Lipinski definition) is 2. The summed E-state index contributed by atoms with van der Waals surface area (Å²) >= 11 is 3.44. The zero-order chi connectivity index (χ0) is 18.3. The van der Waals surface area contributed by atoms with Crippen LogP contribution in [0, 0.1) is 11.8 Å². The molecule has 0 aromatic carbocycles. The van der Waals surface area contributed by atoms with E-state index in [0.717, 1.165) is 29.4 Å². The van der Waals surface area contributed by atoms with Crippen molar-refractivity contribution in [3.8, 4) is 0 Å². The number of carboxylic acid groups (broad SMARTS) is 1. The van der Waals surface area contributed by atoms with E-state index in [9.17, 15) is 19.8 Å². The molecule has 0 aromatic rings. The number of rotatable bonds is 3. The average molecular weight is 393 g/mol. The van der Waals surface area contributed by atoms with Gasteiger partial charge in [-0.15, -0.1) is 11.8 Å². The minimum atomic E-state index is -1.07.